The fraction of sp³-hybridized carbons (Fsp3) is 0.0526. The van der Waals surface area contributed by atoms with Crippen LogP contribution in [0.15, 0.2) is 66.9 Å². The van der Waals surface area contributed by atoms with Crippen LogP contribution in [0.25, 0.3) is 0 Å². The van der Waals surface area contributed by atoms with Gasteiger partial charge in [0.1, 0.15) is 11.4 Å². The first-order valence-electron chi connectivity index (χ1n) is 7.59. The summed E-state index contributed by atoms with van der Waals surface area (Å²) in [5, 5.41) is 6.56. The minimum absolute atomic E-state index is 0.301. The van der Waals surface area contributed by atoms with Gasteiger partial charge in [0.05, 0.1) is 35.4 Å². The van der Waals surface area contributed by atoms with Gasteiger partial charge in [0.15, 0.2) is 0 Å². The molecule has 0 radical (unpaired) electrons. The van der Waals surface area contributed by atoms with E-state index in [0.717, 1.165) is 11.4 Å². The molecule has 2 aromatic carbocycles. The molecule has 0 unspecified atom stereocenters. The zero-order valence-corrected chi connectivity index (χ0v) is 14.2. The van der Waals surface area contributed by atoms with Gasteiger partial charge in [-0.05, 0) is 36.4 Å². The van der Waals surface area contributed by atoms with Crippen molar-refractivity contribution in [2.24, 2.45) is 0 Å². The molecular weight excluding hydrogens is 338 g/mol. The molecule has 6 heteroatoms. The summed E-state index contributed by atoms with van der Waals surface area (Å²) in [6.07, 6.45) is 1.58. The lowest BCUT2D eigenvalue weighted by Gasteiger charge is -2.10. The highest BCUT2D eigenvalue weighted by Crippen LogP contribution is 2.25. The zero-order chi connectivity index (χ0) is 17.6. The number of rotatable bonds is 5. The lowest BCUT2D eigenvalue weighted by molar-refractivity contribution is 0.102. The van der Waals surface area contributed by atoms with Crippen LogP contribution in [-0.4, -0.2) is 18.0 Å². The number of aromatic nitrogens is 1. The summed E-state index contributed by atoms with van der Waals surface area (Å²) in [5.41, 5.74) is 2.41. The average Bonchev–Trinajstić information content (AvgIpc) is 2.64. The molecule has 0 aliphatic heterocycles. The number of hydrogen-bond donors (Lipinski definition) is 2. The van der Waals surface area contributed by atoms with Gasteiger partial charge in [-0.2, -0.15) is 0 Å². The summed E-state index contributed by atoms with van der Waals surface area (Å²) in [6.45, 7) is 0. The van der Waals surface area contributed by atoms with E-state index in [1.54, 1.807) is 43.6 Å². The van der Waals surface area contributed by atoms with E-state index in [0.29, 0.717) is 22.2 Å². The van der Waals surface area contributed by atoms with Crippen LogP contribution < -0.4 is 15.4 Å². The number of carbonyl (C=O) groups excluding carboxylic acids is 1. The highest BCUT2D eigenvalue weighted by atomic mass is 35.5. The standard InChI is InChI=1S/C19H16ClN3O2/c1-25-18-9-5-4-8-16(18)23-19(24)17-11-10-13(12-21-17)22-15-7-3-2-6-14(15)20/h2-12,22H,1H3,(H,23,24). The monoisotopic (exact) mass is 353 g/mol. The number of nitrogens with one attached hydrogen (secondary N) is 2. The molecule has 0 aliphatic rings. The third kappa shape index (κ3) is 4.08. The van der Waals surface area contributed by atoms with E-state index >= 15 is 0 Å². The quantitative estimate of drug-likeness (QED) is 0.695. The van der Waals surface area contributed by atoms with E-state index in [4.69, 9.17) is 16.3 Å². The number of amides is 1. The third-order valence-corrected chi connectivity index (χ3v) is 3.83. The van der Waals surface area contributed by atoms with Crippen molar-refractivity contribution in [3.05, 3.63) is 77.6 Å². The lowest BCUT2D eigenvalue weighted by Crippen LogP contribution is -2.14. The van der Waals surface area contributed by atoms with Gasteiger partial charge < -0.3 is 15.4 Å². The Balaban J connectivity index is 1.71. The fourth-order valence-electron chi connectivity index (χ4n) is 2.25. The number of nitrogens with zero attached hydrogens (tertiary/aromatic N) is 1. The molecule has 0 saturated heterocycles. The lowest BCUT2D eigenvalue weighted by atomic mass is 10.2. The summed E-state index contributed by atoms with van der Waals surface area (Å²) in [6, 6.07) is 18.0. The number of methoxy groups -OCH3 is 1. The van der Waals surface area contributed by atoms with Crippen molar-refractivity contribution in [1.82, 2.24) is 4.98 Å². The van der Waals surface area contributed by atoms with Crippen LogP contribution in [0.5, 0.6) is 5.75 Å². The average molecular weight is 354 g/mol. The van der Waals surface area contributed by atoms with Gasteiger partial charge in [0, 0.05) is 0 Å². The Kier molecular flexibility index (Phi) is 5.16. The maximum absolute atomic E-state index is 12.3. The first kappa shape index (κ1) is 16.8. The Hall–Kier alpha value is -3.05. The van der Waals surface area contributed by atoms with E-state index < -0.39 is 0 Å². The largest absolute Gasteiger partial charge is 0.495 e. The molecule has 0 aliphatic carbocycles. The highest BCUT2D eigenvalue weighted by molar-refractivity contribution is 6.33. The van der Waals surface area contributed by atoms with Crippen molar-refractivity contribution in [2.45, 2.75) is 0 Å². The van der Waals surface area contributed by atoms with Gasteiger partial charge in [0.2, 0.25) is 0 Å². The number of carbonyl (C=O) groups is 1. The molecular formula is C19H16ClN3O2. The van der Waals surface area contributed by atoms with Gasteiger partial charge in [-0.1, -0.05) is 35.9 Å². The molecule has 2 N–H and O–H groups in total. The molecule has 0 spiro atoms. The van der Waals surface area contributed by atoms with Crippen LogP contribution in [0.3, 0.4) is 0 Å². The topological polar surface area (TPSA) is 63.2 Å². The minimum atomic E-state index is -0.311. The van der Waals surface area contributed by atoms with Gasteiger partial charge in [0.25, 0.3) is 5.91 Å². The number of halogens is 1. The minimum Gasteiger partial charge on any atom is -0.495 e. The van der Waals surface area contributed by atoms with Crippen molar-refractivity contribution >= 4 is 34.6 Å². The molecule has 0 fully saturated rings. The summed E-state index contributed by atoms with van der Waals surface area (Å²) < 4.78 is 5.22. The number of hydrogen-bond acceptors (Lipinski definition) is 4. The summed E-state index contributed by atoms with van der Waals surface area (Å²) in [4.78, 5) is 16.5. The van der Waals surface area contributed by atoms with Crippen LogP contribution in [0, 0.1) is 0 Å². The van der Waals surface area contributed by atoms with Crippen molar-refractivity contribution in [2.75, 3.05) is 17.7 Å². The van der Waals surface area contributed by atoms with Crippen LogP contribution in [0.2, 0.25) is 5.02 Å². The van der Waals surface area contributed by atoms with E-state index in [2.05, 4.69) is 15.6 Å². The normalized spacial score (nSPS) is 10.2. The van der Waals surface area contributed by atoms with Gasteiger partial charge in [-0.3, -0.25) is 4.79 Å². The van der Waals surface area contributed by atoms with Crippen LogP contribution >= 0.6 is 11.6 Å². The molecule has 0 bridgehead atoms. The Morgan fingerprint density at radius 2 is 1.72 bits per heavy atom. The summed E-state index contributed by atoms with van der Waals surface area (Å²) in [5.74, 6) is 0.279. The maximum atomic E-state index is 12.3. The van der Waals surface area contributed by atoms with Crippen LogP contribution in [-0.2, 0) is 0 Å². The summed E-state index contributed by atoms with van der Waals surface area (Å²) >= 11 is 6.12. The van der Waals surface area contributed by atoms with Crippen molar-refractivity contribution in [3.8, 4) is 5.75 Å². The van der Waals surface area contributed by atoms with Crippen molar-refractivity contribution in [1.29, 1.82) is 0 Å². The number of pyridine rings is 1. The molecule has 3 aromatic rings. The second kappa shape index (κ2) is 7.68. The van der Waals surface area contributed by atoms with E-state index in [-0.39, 0.29) is 5.91 Å². The maximum Gasteiger partial charge on any atom is 0.274 e. The second-order valence-corrected chi connectivity index (χ2v) is 5.60. The molecule has 0 atom stereocenters. The molecule has 3 rings (SSSR count). The summed E-state index contributed by atoms with van der Waals surface area (Å²) in [7, 11) is 1.55. The van der Waals surface area contributed by atoms with E-state index in [9.17, 15) is 4.79 Å². The highest BCUT2D eigenvalue weighted by Gasteiger charge is 2.10. The Morgan fingerprint density at radius 3 is 2.40 bits per heavy atom. The predicted octanol–water partition coefficient (Wildman–Crippen LogP) is 4.74. The van der Waals surface area contributed by atoms with Crippen molar-refractivity contribution < 1.29 is 9.53 Å². The van der Waals surface area contributed by atoms with E-state index in [1.165, 1.54) is 0 Å². The Morgan fingerprint density at radius 1 is 1.00 bits per heavy atom. The SMILES string of the molecule is COc1ccccc1NC(=O)c1ccc(Nc2ccccc2Cl)cn1. The van der Waals surface area contributed by atoms with E-state index in [1.807, 2.05) is 30.3 Å². The molecule has 25 heavy (non-hydrogen) atoms. The van der Waals surface area contributed by atoms with Gasteiger partial charge in [-0.15, -0.1) is 0 Å². The predicted molar refractivity (Wildman–Crippen MR) is 99.9 cm³/mol. The number of benzene rings is 2. The molecule has 126 valence electrons. The molecule has 0 saturated carbocycles. The first-order chi connectivity index (χ1) is 12.2. The van der Waals surface area contributed by atoms with Crippen molar-refractivity contribution in [3.63, 3.8) is 0 Å². The fourth-order valence-corrected chi connectivity index (χ4v) is 2.44. The Bertz CT molecular complexity index is 882. The van der Waals surface area contributed by atoms with Crippen LogP contribution in [0.1, 0.15) is 10.5 Å². The molecule has 1 heterocycles. The number of ether oxygens (including phenoxy) is 1. The third-order valence-electron chi connectivity index (χ3n) is 3.50. The Labute approximate surface area is 150 Å². The molecule has 1 aromatic heterocycles. The zero-order valence-electron chi connectivity index (χ0n) is 13.5. The number of para-hydroxylation sites is 3. The van der Waals surface area contributed by atoms with Crippen LogP contribution in [0.4, 0.5) is 17.1 Å². The molecule has 1 amide bonds. The second-order valence-electron chi connectivity index (χ2n) is 5.19. The first-order valence-corrected chi connectivity index (χ1v) is 7.97. The molecule has 5 nitrogen and oxygen atoms in total. The van der Waals surface area contributed by atoms with Gasteiger partial charge in [-0.25, -0.2) is 4.98 Å². The smallest absolute Gasteiger partial charge is 0.274 e. The van der Waals surface area contributed by atoms with Gasteiger partial charge >= 0.3 is 0 Å². The number of anilines is 3.